The first kappa shape index (κ1) is 17.3. The Bertz CT molecular complexity index is 598. The van der Waals surface area contributed by atoms with Gasteiger partial charge in [0.2, 0.25) is 0 Å². The highest BCUT2D eigenvalue weighted by atomic mass is 16.4. The first-order valence-electron chi connectivity index (χ1n) is 9.19. The molecule has 2 aromatic rings. The number of hydrogen-bond donors (Lipinski definition) is 2. The lowest BCUT2D eigenvalue weighted by atomic mass is 9.70. The van der Waals surface area contributed by atoms with Crippen LogP contribution in [0.5, 0.6) is 0 Å². The van der Waals surface area contributed by atoms with Crippen LogP contribution in [-0.2, 0) is 18.3 Å². The van der Waals surface area contributed by atoms with Crippen LogP contribution >= 0.6 is 0 Å². The van der Waals surface area contributed by atoms with Gasteiger partial charge in [0.25, 0.3) is 0 Å². The fourth-order valence-corrected chi connectivity index (χ4v) is 3.89. The Kier molecular flexibility index (Phi) is 5.16. The van der Waals surface area contributed by atoms with E-state index in [1.165, 1.54) is 19.3 Å². The van der Waals surface area contributed by atoms with Gasteiger partial charge in [-0.1, -0.05) is 19.3 Å². The molecule has 0 saturated heterocycles. The standard InChI is InChI=1S/C20H30N2O2/c1-14(21)12-16-6-8-18(23-16)20(10-4-3-5-11-20)19-9-7-17(24-19)13-15(2)22/h6-9,14-15H,3-5,10-13,21-22H2,1-2H3. The molecule has 24 heavy (non-hydrogen) atoms. The molecule has 0 bridgehead atoms. The fourth-order valence-electron chi connectivity index (χ4n) is 3.89. The molecule has 2 aromatic heterocycles. The predicted octanol–water partition coefficient (Wildman–Crippen LogP) is 3.90. The quantitative estimate of drug-likeness (QED) is 0.842. The summed E-state index contributed by atoms with van der Waals surface area (Å²) in [5.74, 6) is 3.98. The summed E-state index contributed by atoms with van der Waals surface area (Å²) >= 11 is 0. The van der Waals surface area contributed by atoms with Gasteiger partial charge in [0, 0.05) is 24.9 Å². The van der Waals surface area contributed by atoms with Gasteiger partial charge in [0.15, 0.2) is 0 Å². The molecular formula is C20H30N2O2. The zero-order chi connectivity index (χ0) is 17.2. The molecule has 2 atom stereocenters. The molecule has 1 fully saturated rings. The van der Waals surface area contributed by atoms with Crippen LogP contribution in [0.1, 0.15) is 69.0 Å². The highest BCUT2D eigenvalue weighted by Crippen LogP contribution is 2.46. The molecule has 0 amide bonds. The van der Waals surface area contributed by atoms with Gasteiger partial charge in [0.05, 0.1) is 5.41 Å². The van der Waals surface area contributed by atoms with Gasteiger partial charge in [-0.25, -0.2) is 0 Å². The van der Waals surface area contributed by atoms with E-state index in [1.807, 2.05) is 13.8 Å². The van der Waals surface area contributed by atoms with E-state index in [4.69, 9.17) is 20.3 Å². The SMILES string of the molecule is CC(N)Cc1ccc(C2(c3ccc(CC(C)N)o3)CCCCC2)o1. The largest absolute Gasteiger partial charge is 0.465 e. The Balaban J connectivity index is 1.92. The van der Waals surface area contributed by atoms with Gasteiger partial charge in [-0.05, 0) is 51.0 Å². The van der Waals surface area contributed by atoms with Crippen LogP contribution in [0.25, 0.3) is 0 Å². The number of nitrogens with two attached hydrogens (primary N) is 2. The second kappa shape index (κ2) is 7.16. The molecule has 1 saturated carbocycles. The van der Waals surface area contributed by atoms with Crippen LogP contribution in [0.15, 0.2) is 33.1 Å². The Hall–Kier alpha value is -1.52. The van der Waals surface area contributed by atoms with Crippen molar-refractivity contribution in [3.8, 4) is 0 Å². The maximum atomic E-state index is 6.22. The van der Waals surface area contributed by atoms with Gasteiger partial charge in [-0.2, -0.15) is 0 Å². The predicted molar refractivity (Wildman–Crippen MR) is 96.0 cm³/mol. The van der Waals surface area contributed by atoms with Gasteiger partial charge in [-0.3, -0.25) is 0 Å². The third-order valence-corrected chi connectivity index (χ3v) is 5.02. The highest BCUT2D eigenvalue weighted by molar-refractivity contribution is 5.31. The van der Waals surface area contributed by atoms with Crippen LogP contribution in [0.4, 0.5) is 0 Å². The van der Waals surface area contributed by atoms with Gasteiger partial charge in [0.1, 0.15) is 23.0 Å². The molecule has 2 unspecified atom stereocenters. The maximum absolute atomic E-state index is 6.22. The van der Waals surface area contributed by atoms with Crippen molar-refractivity contribution < 1.29 is 8.83 Å². The molecule has 0 aromatic carbocycles. The van der Waals surface area contributed by atoms with E-state index in [-0.39, 0.29) is 17.5 Å². The van der Waals surface area contributed by atoms with Crippen molar-refractivity contribution in [3.63, 3.8) is 0 Å². The summed E-state index contributed by atoms with van der Waals surface area (Å²) in [5.41, 5.74) is 11.7. The minimum absolute atomic E-state index is 0.104. The summed E-state index contributed by atoms with van der Waals surface area (Å²) in [6, 6.07) is 8.59. The Morgan fingerprint density at radius 2 is 1.29 bits per heavy atom. The van der Waals surface area contributed by atoms with E-state index >= 15 is 0 Å². The molecule has 4 N–H and O–H groups in total. The minimum atomic E-state index is -0.135. The summed E-state index contributed by atoms with van der Waals surface area (Å²) in [6.07, 6.45) is 7.36. The van der Waals surface area contributed by atoms with E-state index in [9.17, 15) is 0 Å². The lowest BCUT2D eigenvalue weighted by Gasteiger charge is -2.33. The minimum Gasteiger partial charge on any atom is -0.465 e. The first-order valence-corrected chi connectivity index (χ1v) is 9.19. The molecule has 1 aliphatic carbocycles. The average Bonchev–Trinajstić information content (AvgIpc) is 3.17. The van der Waals surface area contributed by atoms with E-state index in [1.54, 1.807) is 0 Å². The van der Waals surface area contributed by atoms with Gasteiger partial charge in [-0.15, -0.1) is 0 Å². The average molecular weight is 330 g/mol. The molecule has 4 heteroatoms. The van der Waals surface area contributed by atoms with E-state index in [2.05, 4.69) is 24.3 Å². The maximum Gasteiger partial charge on any atom is 0.117 e. The van der Waals surface area contributed by atoms with Crippen LogP contribution < -0.4 is 11.5 Å². The normalized spacial score (nSPS) is 20.0. The number of hydrogen-bond acceptors (Lipinski definition) is 4. The fraction of sp³-hybridized carbons (Fsp3) is 0.600. The zero-order valence-electron chi connectivity index (χ0n) is 14.9. The summed E-state index contributed by atoms with van der Waals surface area (Å²) in [6.45, 7) is 4.01. The lowest BCUT2D eigenvalue weighted by molar-refractivity contribution is 0.239. The van der Waals surface area contributed by atoms with Crippen molar-refractivity contribution in [2.24, 2.45) is 11.5 Å². The van der Waals surface area contributed by atoms with Crippen molar-refractivity contribution in [1.29, 1.82) is 0 Å². The second-order valence-electron chi connectivity index (χ2n) is 7.54. The number of rotatable bonds is 6. The summed E-state index contributed by atoms with van der Waals surface area (Å²) in [4.78, 5) is 0. The monoisotopic (exact) mass is 330 g/mol. The summed E-state index contributed by atoms with van der Waals surface area (Å²) in [7, 11) is 0. The smallest absolute Gasteiger partial charge is 0.117 e. The molecule has 0 radical (unpaired) electrons. The van der Waals surface area contributed by atoms with Crippen LogP contribution in [0.2, 0.25) is 0 Å². The first-order chi connectivity index (χ1) is 11.5. The third-order valence-electron chi connectivity index (χ3n) is 5.02. The molecule has 2 heterocycles. The van der Waals surface area contributed by atoms with Crippen molar-refractivity contribution in [1.82, 2.24) is 0 Å². The molecule has 132 valence electrons. The van der Waals surface area contributed by atoms with Gasteiger partial charge >= 0.3 is 0 Å². The van der Waals surface area contributed by atoms with Crippen LogP contribution in [0.3, 0.4) is 0 Å². The molecule has 0 spiro atoms. The molecule has 4 nitrogen and oxygen atoms in total. The third kappa shape index (κ3) is 3.60. The van der Waals surface area contributed by atoms with E-state index in [0.29, 0.717) is 0 Å². The number of furan rings is 2. The van der Waals surface area contributed by atoms with E-state index < -0.39 is 0 Å². The zero-order valence-corrected chi connectivity index (χ0v) is 14.9. The summed E-state index contributed by atoms with van der Waals surface area (Å²) < 4.78 is 12.4. The molecule has 0 aliphatic heterocycles. The molecular weight excluding hydrogens is 300 g/mol. The van der Waals surface area contributed by atoms with Crippen LogP contribution in [-0.4, -0.2) is 12.1 Å². The topological polar surface area (TPSA) is 78.3 Å². The Morgan fingerprint density at radius 3 is 1.71 bits per heavy atom. The van der Waals surface area contributed by atoms with Gasteiger partial charge < -0.3 is 20.3 Å². The molecule has 3 rings (SSSR count). The van der Waals surface area contributed by atoms with Crippen molar-refractivity contribution in [2.75, 3.05) is 0 Å². The van der Waals surface area contributed by atoms with Crippen molar-refractivity contribution >= 4 is 0 Å². The van der Waals surface area contributed by atoms with Crippen LogP contribution in [0, 0.1) is 0 Å². The Morgan fingerprint density at radius 1 is 0.833 bits per heavy atom. The van der Waals surface area contributed by atoms with Crippen molar-refractivity contribution in [3.05, 3.63) is 47.3 Å². The lowest BCUT2D eigenvalue weighted by Crippen LogP contribution is -2.29. The highest BCUT2D eigenvalue weighted by Gasteiger charge is 2.41. The Labute approximate surface area is 144 Å². The second-order valence-corrected chi connectivity index (χ2v) is 7.54. The van der Waals surface area contributed by atoms with E-state index in [0.717, 1.165) is 48.7 Å². The summed E-state index contributed by atoms with van der Waals surface area (Å²) in [5, 5.41) is 0. The molecule has 1 aliphatic rings. The van der Waals surface area contributed by atoms with Crippen molar-refractivity contribution in [2.45, 2.75) is 76.3 Å².